The second kappa shape index (κ2) is 16.4. The van der Waals surface area contributed by atoms with E-state index in [2.05, 4.69) is 33.9 Å². The van der Waals surface area contributed by atoms with Crippen molar-refractivity contribution < 1.29 is 8.85 Å². The molecule has 0 spiro atoms. The molecule has 3 heteroatoms. The van der Waals surface area contributed by atoms with Crippen LogP contribution in [0, 0.1) is 5.92 Å². The lowest BCUT2D eigenvalue weighted by atomic mass is 10.1. The summed E-state index contributed by atoms with van der Waals surface area (Å²) in [6, 6.07) is 0. The standard InChI is InChI=1S/C21H44O2Si/c1-6-8-9-10-11-12-13-14-15-16-17-19-22-24(5,7-2)23-20-18-21(3)4/h7,21H,2,6,8-20H2,1,3-5H3. The van der Waals surface area contributed by atoms with Crippen molar-refractivity contribution in [3.8, 4) is 0 Å². The topological polar surface area (TPSA) is 18.5 Å². The molecule has 0 aliphatic rings. The van der Waals surface area contributed by atoms with Gasteiger partial charge in [0.25, 0.3) is 0 Å². The van der Waals surface area contributed by atoms with Crippen LogP contribution in [0.15, 0.2) is 12.3 Å². The molecule has 0 fully saturated rings. The molecule has 0 aromatic carbocycles. The molecule has 0 saturated carbocycles. The summed E-state index contributed by atoms with van der Waals surface area (Å²) in [5.41, 5.74) is 1.92. The van der Waals surface area contributed by atoms with Crippen LogP contribution in [0.25, 0.3) is 0 Å². The van der Waals surface area contributed by atoms with E-state index in [0.717, 1.165) is 26.1 Å². The molecule has 0 heterocycles. The van der Waals surface area contributed by atoms with E-state index in [1.54, 1.807) is 0 Å². The van der Waals surface area contributed by atoms with Crippen LogP contribution in [0.1, 0.15) is 97.8 Å². The van der Waals surface area contributed by atoms with E-state index in [0.29, 0.717) is 5.92 Å². The Balaban J connectivity index is 3.44. The Morgan fingerprint density at radius 3 is 1.71 bits per heavy atom. The van der Waals surface area contributed by atoms with Crippen molar-refractivity contribution in [2.24, 2.45) is 5.92 Å². The Morgan fingerprint density at radius 2 is 1.25 bits per heavy atom. The first-order chi connectivity index (χ1) is 11.5. The molecular weight excluding hydrogens is 312 g/mol. The Hall–Kier alpha value is -0.123. The summed E-state index contributed by atoms with van der Waals surface area (Å²) in [6.07, 6.45) is 16.1. The smallest absolute Gasteiger partial charge is 0.361 e. The Bertz CT molecular complexity index is 281. The quantitative estimate of drug-likeness (QED) is 0.191. The molecule has 0 rings (SSSR count). The molecular formula is C21H44O2Si. The van der Waals surface area contributed by atoms with Crippen molar-refractivity contribution in [1.82, 2.24) is 0 Å². The third-order valence-corrected chi connectivity index (χ3v) is 6.89. The monoisotopic (exact) mass is 356 g/mol. The maximum Gasteiger partial charge on any atom is 0.361 e. The van der Waals surface area contributed by atoms with Gasteiger partial charge >= 0.3 is 8.56 Å². The third-order valence-electron chi connectivity index (χ3n) is 4.59. The molecule has 1 unspecified atom stereocenters. The third kappa shape index (κ3) is 15.4. The normalized spacial score (nSPS) is 14.0. The van der Waals surface area contributed by atoms with Crippen LogP contribution in [0.3, 0.4) is 0 Å². The van der Waals surface area contributed by atoms with Gasteiger partial charge in [-0.25, -0.2) is 0 Å². The SMILES string of the molecule is C=C[Si](C)(OCCCCCCCCCCCCC)OCCC(C)C. The van der Waals surface area contributed by atoms with Crippen molar-refractivity contribution >= 4 is 8.56 Å². The number of unbranched alkanes of at least 4 members (excludes halogenated alkanes) is 10. The van der Waals surface area contributed by atoms with Crippen LogP contribution in [0.5, 0.6) is 0 Å². The second-order valence-corrected chi connectivity index (χ2v) is 10.7. The molecule has 1 atom stereocenters. The van der Waals surface area contributed by atoms with Gasteiger partial charge in [0.05, 0.1) is 0 Å². The minimum Gasteiger partial charge on any atom is -0.391 e. The van der Waals surface area contributed by atoms with Crippen LogP contribution >= 0.6 is 0 Å². The van der Waals surface area contributed by atoms with Gasteiger partial charge in [-0.1, -0.05) is 85.0 Å². The summed E-state index contributed by atoms with van der Waals surface area (Å²) in [4.78, 5) is 0. The fraction of sp³-hybridized carbons (Fsp3) is 0.905. The average Bonchev–Trinajstić information content (AvgIpc) is 2.55. The van der Waals surface area contributed by atoms with Gasteiger partial charge in [0, 0.05) is 13.2 Å². The van der Waals surface area contributed by atoms with Crippen molar-refractivity contribution in [2.45, 2.75) is 104 Å². The van der Waals surface area contributed by atoms with Gasteiger partial charge in [0.15, 0.2) is 0 Å². The number of hydrogen-bond donors (Lipinski definition) is 0. The van der Waals surface area contributed by atoms with Gasteiger partial charge in [0.2, 0.25) is 0 Å². The predicted molar refractivity (Wildman–Crippen MR) is 110 cm³/mol. The van der Waals surface area contributed by atoms with Crippen LogP contribution in [0.2, 0.25) is 6.55 Å². The summed E-state index contributed by atoms with van der Waals surface area (Å²) in [5, 5.41) is 0. The lowest BCUT2D eigenvalue weighted by molar-refractivity contribution is 0.173. The number of rotatable bonds is 18. The minimum absolute atomic E-state index is 0.680. The molecule has 2 nitrogen and oxygen atoms in total. The van der Waals surface area contributed by atoms with E-state index in [-0.39, 0.29) is 0 Å². The van der Waals surface area contributed by atoms with Crippen molar-refractivity contribution in [2.75, 3.05) is 13.2 Å². The van der Waals surface area contributed by atoms with Crippen LogP contribution in [0.4, 0.5) is 0 Å². The summed E-state index contributed by atoms with van der Waals surface area (Å²) in [6.45, 7) is 14.4. The molecule has 0 aromatic rings. The van der Waals surface area contributed by atoms with Gasteiger partial charge in [-0.05, 0) is 31.0 Å². The van der Waals surface area contributed by atoms with Crippen LogP contribution in [-0.4, -0.2) is 21.8 Å². The van der Waals surface area contributed by atoms with Gasteiger partial charge in [-0.3, -0.25) is 0 Å². The van der Waals surface area contributed by atoms with E-state index in [1.165, 1.54) is 64.2 Å². The van der Waals surface area contributed by atoms with Crippen molar-refractivity contribution in [3.63, 3.8) is 0 Å². The van der Waals surface area contributed by atoms with Gasteiger partial charge in [-0.2, -0.15) is 0 Å². The van der Waals surface area contributed by atoms with Gasteiger partial charge in [0.1, 0.15) is 0 Å². The van der Waals surface area contributed by atoms with E-state index < -0.39 is 8.56 Å². The highest BCUT2D eigenvalue weighted by molar-refractivity contribution is 6.71. The Kier molecular flexibility index (Phi) is 16.3. The highest BCUT2D eigenvalue weighted by Gasteiger charge is 2.27. The van der Waals surface area contributed by atoms with Gasteiger partial charge in [-0.15, -0.1) is 6.58 Å². The molecule has 0 radical (unpaired) electrons. The first-order valence-corrected chi connectivity index (χ1v) is 12.8. The largest absolute Gasteiger partial charge is 0.391 e. The fourth-order valence-electron chi connectivity index (χ4n) is 2.70. The zero-order valence-electron chi connectivity index (χ0n) is 17.1. The summed E-state index contributed by atoms with van der Waals surface area (Å²) in [7, 11) is -2.12. The maximum absolute atomic E-state index is 6.04. The Labute approximate surface area is 153 Å². The average molecular weight is 357 g/mol. The fourth-order valence-corrected chi connectivity index (χ4v) is 4.09. The lowest BCUT2D eigenvalue weighted by Crippen LogP contribution is -2.37. The lowest BCUT2D eigenvalue weighted by Gasteiger charge is -2.24. The van der Waals surface area contributed by atoms with Crippen LogP contribution < -0.4 is 0 Å². The molecule has 0 N–H and O–H groups in total. The molecule has 0 aliphatic heterocycles. The van der Waals surface area contributed by atoms with Crippen molar-refractivity contribution in [1.29, 1.82) is 0 Å². The zero-order valence-corrected chi connectivity index (χ0v) is 18.1. The summed E-state index contributed by atoms with van der Waals surface area (Å²) < 4.78 is 12.0. The second-order valence-electron chi connectivity index (χ2n) is 7.64. The Morgan fingerprint density at radius 1 is 0.792 bits per heavy atom. The van der Waals surface area contributed by atoms with Gasteiger partial charge < -0.3 is 8.85 Å². The number of hydrogen-bond acceptors (Lipinski definition) is 2. The summed E-state index contributed by atoms with van der Waals surface area (Å²) in [5.74, 6) is 0.680. The molecule has 24 heavy (non-hydrogen) atoms. The van der Waals surface area contributed by atoms with Crippen LogP contribution in [-0.2, 0) is 8.85 Å². The van der Waals surface area contributed by atoms with Crippen molar-refractivity contribution in [3.05, 3.63) is 12.3 Å². The highest BCUT2D eigenvalue weighted by Crippen LogP contribution is 2.14. The summed E-state index contributed by atoms with van der Waals surface area (Å²) >= 11 is 0. The molecule has 0 bridgehead atoms. The molecule has 0 saturated heterocycles. The van der Waals surface area contributed by atoms with E-state index in [9.17, 15) is 0 Å². The zero-order chi connectivity index (χ0) is 18.1. The highest BCUT2D eigenvalue weighted by atomic mass is 28.4. The molecule has 0 amide bonds. The first-order valence-electron chi connectivity index (χ1n) is 10.5. The first kappa shape index (κ1) is 23.9. The minimum atomic E-state index is -2.12. The molecule has 144 valence electrons. The molecule has 0 aliphatic carbocycles. The van der Waals surface area contributed by atoms with E-state index >= 15 is 0 Å². The maximum atomic E-state index is 6.04. The van der Waals surface area contributed by atoms with E-state index in [4.69, 9.17) is 8.85 Å². The van der Waals surface area contributed by atoms with E-state index in [1.807, 2.05) is 5.70 Å². The predicted octanol–water partition coefficient (Wildman–Crippen LogP) is 7.17. The molecule has 0 aromatic heterocycles.